The Labute approximate surface area is 160 Å². The molecule has 2 heterocycles. The van der Waals surface area contributed by atoms with Gasteiger partial charge in [0.05, 0.1) is 12.2 Å². The molecule has 0 atom stereocenters. The summed E-state index contributed by atoms with van der Waals surface area (Å²) in [5.41, 5.74) is 2.78. The molecule has 7 heteroatoms. The number of benzene rings is 1. The lowest BCUT2D eigenvalue weighted by atomic mass is 9.92. The monoisotopic (exact) mass is 384 g/mol. The van der Waals surface area contributed by atoms with Gasteiger partial charge in [0.2, 0.25) is 5.92 Å². The number of hydrogen-bond acceptors (Lipinski definition) is 3. The summed E-state index contributed by atoms with van der Waals surface area (Å²) in [7, 11) is 0. The Bertz CT molecular complexity index is 1070. The van der Waals surface area contributed by atoms with Gasteiger partial charge in [0.1, 0.15) is 11.2 Å². The van der Waals surface area contributed by atoms with Gasteiger partial charge >= 0.3 is 0 Å². The van der Waals surface area contributed by atoms with Crippen LogP contribution in [0, 0.1) is 0 Å². The molecule has 5 rings (SSSR count). The molecule has 28 heavy (non-hydrogen) atoms. The second-order valence-corrected chi connectivity index (χ2v) is 8.08. The minimum Gasteiger partial charge on any atom is -0.310 e. The smallest absolute Gasteiger partial charge is 0.262 e. The zero-order chi connectivity index (χ0) is 19.3. The van der Waals surface area contributed by atoms with Gasteiger partial charge in [-0.25, -0.2) is 18.4 Å². The van der Waals surface area contributed by atoms with Crippen molar-refractivity contribution in [3.63, 3.8) is 0 Å². The predicted molar refractivity (Wildman–Crippen MR) is 102 cm³/mol. The fourth-order valence-electron chi connectivity index (χ4n) is 4.27. The van der Waals surface area contributed by atoms with E-state index in [2.05, 4.69) is 27.2 Å². The fourth-order valence-corrected chi connectivity index (χ4v) is 4.27. The number of hydrogen-bond donors (Lipinski definition) is 1. The van der Waals surface area contributed by atoms with Crippen molar-refractivity contribution in [3.8, 4) is 0 Å². The minimum absolute atomic E-state index is 0.141. The zero-order valence-corrected chi connectivity index (χ0v) is 15.5. The van der Waals surface area contributed by atoms with Crippen LogP contribution in [-0.4, -0.2) is 25.7 Å². The number of alkyl halides is 2. The molecule has 1 N–H and O–H groups in total. The van der Waals surface area contributed by atoms with Crippen LogP contribution in [0.4, 0.5) is 8.78 Å². The first-order chi connectivity index (χ1) is 13.5. The summed E-state index contributed by atoms with van der Waals surface area (Å²) in [4.78, 5) is 20.1. The first-order valence-electron chi connectivity index (χ1n) is 9.92. The van der Waals surface area contributed by atoms with Crippen molar-refractivity contribution in [1.82, 2.24) is 19.7 Å². The molecule has 2 aliphatic carbocycles. The van der Waals surface area contributed by atoms with Gasteiger partial charge in [0.15, 0.2) is 5.65 Å². The number of aromatic nitrogens is 4. The molecule has 0 radical (unpaired) electrons. The first-order valence-corrected chi connectivity index (χ1v) is 9.92. The van der Waals surface area contributed by atoms with Gasteiger partial charge in [-0.2, -0.15) is 5.10 Å². The summed E-state index contributed by atoms with van der Waals surface area (Å²) in [5, 5.41) is 4.73. The third kappa shape index (κ3) is 3.23. The van der Waals surface area contributed by atoms with Crippen molar-refractivity contribution in [2.75, 3.05) is 0 Å². The third-order valence-corrected chi connectivity index (χ3v) is 5.98. The largest absolute Gasteiger partial charge is 0.310 e. The molecule has 0 aliphatic heterocycles. The van der Waals surface area contributed by atoms with E-state index < -0.39 is 5.92 Å². The van der Waals surface area contributed by atoms with Gasteiger partial charge in [-0.15, -0.1) is 0 Å². The molecule has 2 aromatic heterocycles. The molecule has 0 saturated heterocycles. The SMILES string of the molecule is O=c1[nH]c(Cc2ccccc2C2CC2)nc2c1cnn2C1CCC(F)(F)CC1. The summed E-state index contributed by atoms with van der Waals surface area (Å²) < 4.78 is 28.7. The topological polar surface area (TPSA) is 63.6 Å². The Morgan fingerprint density at radius 1 is 1.14 bits per heavy atom. The van der Waals surface area contributed by atoms with E-state index >= 15 is 0 Å². The summed E-state index contributed by atoms with van der Waals surface area (Å²) in [6.07, 6.45) is 4.85. The average molecular weight is 384 g/mol. The second kappa shape index (κ2) is 6.50. The lowest BCUT2D eigenvalue weighted by molar-refractivity contribution is -0.0446. The first kappa shape index (κ1) is 17.5. The molecule has 0 amide bonds. The van der Waals surface area contributed by atoms with E-state index in [1.54, 1.807) is 4.68 Å². The van der Waals surface area contributed by atoms with Crippen molar-refractivity contribution in [2.24, 2.45) is 0 Å². The lowest BCUT2D eigenvalue weighted by Gasteiger charge is -2.28. The van der Waals surface area contributed by atoms with Crippen LogP contribution in [0.15, 0.2) is 35.3 Å². The molecule has 5 nitrogen and oxygen atoms in total. The van der Waals surface area contributed by atoms with Crippen molar-refractivity contribution in [2.45, 2.75) is 62.8 Å². The van der Waals surface area contributed by atoms with Gasteiger partial charge in [-0.1, -0.05) is 24.3 Å². The quantitative estimate of drug-likeness (QED) is 0.728. The number of H-pyrrole nitrogens is 1. The highest BCUT2D eigenvalue weighted by molar-refractivity contribution is 5.73. The van der Waals surface area contributed by atoms with Crippen LogP contribution in [0.25, 0.3) is 11.0 Å². The molecule has 146 valence electrons. The molecular weight excluding hydrogens is 362 g/mol. The van der Waals surface area contributed by atoms with E-state index in [-0.39, 0.29) is 24.4 Å². The van der Waals surface area contributed by atoms with E-state index in [0.29, 0.717) is 42.0 Å². The predicted octanol–water partition coefficient (Wildman–Crippen LogP) is 4.34. The maximum absolute atomic E-state index is 13.5. The number of halogens is 2. The molecule has 3 aromatic rings. The van der Waals surface area contributed by atoms with E-state index in [4.69, 9.17) is 0 Å². The van der Waals surface area contributed by atoms with Gasteiger partial charge < -0.3 is 4.98 Å². The Balaban J connectivity index is 1.49. The number of nitrogens with zero attached hydrogens (tertiary/aromatic N) is 3. The van der Waals surface area contributed by atoms with E-state index in [0.717, 1.165) is 0 Å². The lowest BCUT2D eigenvalue weighted by Crippen LogP contribution is -2.27. The standard InChI is InChI=1S/C21H22F2N4O/c22-21(23)9-7-15(8-10-21)27-19-17(12-24-27)20(28)26-18(25-19)11-14-3-1-2-4-16(14)13-5-6-13/h1-4,12-13,15H,5-11H2,(H,25,26,28). The average Bonchev–Trinajstić information content (AvgIpc) is 3.42. The van der Waals surface area contributed by atoms with Crippen LogP contribution in [0.1, 0.15) is 67.4 Å². The maximum Gasteiger partial charge on any atom is 0.262 e. The molecule has 2 saturated carbocycles. The highest BCUT2D eigenvalue weighted by Crippen LogP contribution is 2.42. The minimum atomic E-state index is -2.60. The van der Waals surface area contributed by atoms with Crippen LogP contribution >= 0.6 is 0 Å². The van der Waals surface area contributed by atoms with E-state index in [9.17, 15) is 13.6 Å². The molecule has 1 aromatic carbocycles. The van der Waals surface area contributed by atoms with E-state index in [1.165, 1.54) is 30.2 Å². The highest BCUT2D eigenvalue weighted by Gasteiger charge is 2.36. The second-order valence-electron chi connectivity index (χ2n) is 8.08. The highest BCUT2D eigenvalue weighted by atomic mass is 19.3. The van der Waals surface area contributed by atoms with Crippen LogP contribution in [0.5, 0.6) is 0 Å². The van der Waals surface area contributed by atoms with Gasteiger partial charge in [-0.3, -0.25) is 4.79 Å². The van der Waals surface area contributed by atoms with Crippen molar-refractivity contribution in [1.29, 1.82) is 0 Å². The molecule has 2 fully saturated rings. The number of nitrogens with one attached hydrogen (secondary N) is 1. The maximum atomic E-state index is 13.5. The number of fused-ring (bicyclic) bond motifs is 1. The number of rotatable bonds is 4. The Kier molecular flexibility index (Phi) is 4.07. The van der Waals surface area contributed by atoms with Gasteiger partial charge in [-0.05, 0) is 42.7 Å². The van der Waals surface area contributed by atoms with Crippen molar-refractivity contribution < 1.29 is 8.78 Å². The van der Waals surface area contributed by atoms with Crippen LogP contribution in [0.3, 0.4) is 0 Å². The van der Waals surface area contributed by atoms with Gasteiger partial charge in [0, 0.05) is 19.3 Å². The Morgan fingerprint density at radius 2 is 1.89 bits per heavy atom. The summed E-state index contributed by atoms with van der Waals surface area (Å²) in [6.45, 7) is 0. The fraction of sp³-hybridized carbons (Fsp3) is 0.476. The molecule has 0 spiro atoms. The van der Waals surface area contributed by atoms with Crippen LogP contribution in [-0.2, 0) is 6.42 Å². The normalized spacial score (nSPS) is 19.9. The molecule has 0 unspecified atom stereocenters. The molecular formula is C21H22F2N4O. The van der Waals surface area contributed by atoms with Crippen LogP contribution in [0.2, 0.25) is 0 Å². The summed E-state index contributed by atoms with van der Waals surface area (Å²) in [6, 6.07) is 8.14. The van der Waals surface area contributed by atoms with E-state index in [1.807, 2.05) is 12.1 Å². The zero-order valence-electron chi connectivity index (χ0n) is 15.5. The Hall–Kier alpha value is -2.57. The molecule has 2 aliphatic rings. The third-order valence-electron chi connectivity index (χ3n) is 5.98. The summed E-state index contributed by atoms with van der Waals surface area (Å²) in [5.74, 6) is -1.39. The van der Waals surface area contributed by atoms with Crippen molar-refractivity contribution in [3.05, 3.63) is 57.8 Å². The van der Waals surface area contributed by atoms with Gasteiger partial charge in [0.25, 0.3) is 5.56 Å². The molecule has 0 bridgehead atoms. The number of aromatic amines is 1. The van der Waals surface area contributed by atoms with Crippen LogP contribution < -0.4 is 5.56 Å². The Morgan fingerprint density at radius 3 is 2.64 bits per heavy atom. The summed E-state index contributed by atoms with van der Waals surface area (Å²) >= 11 is 0. The van der Waals surface area contributed by atoms with Crippen molar-refractivity contribution >= 4 is 11.0 Å².